The number of nitrogens with two attached hydrogens (primary N) is 1. The van der Waals surface area contributed by atoms with Gasteiger partial charge < -0.3 is 11.1 Å². The van der Waals surface area contributed by atoms with Crippen molar-refractivity contribution >= 4 is 28.2 Å². The van der Waals surface area contributed by atoms with Crippen molar-refractivity contribution in [2.45, 2.75) is 6.42 Å². The standard InChI is InChI=1S/C14H12N4O2/c15-14-12(17-20-18-14)8-13(19)16-11-7-3-5-9-4-1-2-6-10(9)11/h1-7H,8H2,(H2,15,18)(H,16,19). The molecule has 0 aliphatic heterocycles. The van der Waals surface area contributed by atoms with Crippen molar-refractivity contribution in [1.82, 2.24) is 10.3 Å². The number of nitrogens with zero attached hydrogens (tertiary/aromatic N) is 2. The van der Waals surface area contributed by atoms with E-state index >= 15 is 0 Å². The summed E-state index contributed by atoms with van der Waals surface area (Å²) in [6.07, 6.45) is 0.0263. The van der Waals surface area contributed by atoms with E-state index in [1.165, 1.54) is 0 Å². The third-order valence-electron chi connectivity index (χ3n) is 2.98. The van der Waals surface area contributed by atoms with Crippen LogP contribution in [0.1, 0.15) is 5.69 Å². The number of hydrogen-bond acceptors (Lipinski definition) is 5. The Balaban J connectivity index is 1.83. The Bertz CT molecular complexity index is 761. The van der Waals surface area contributed by atoms with Gasteiger partial charge in [-0.3, -0.25) is 4.79 Å². The summed E-state index contributed by atoms with van der Waals surface area (Å²) in [5.41, 5.74) is 6.61. The van der Waals surface area contributed by atoms with Gasteiger partial charge in [0.1, 0.15) is 5.69 Å². The van der Waals surface area contributed by atoms with Crippen LogP contribution < -0.4 is 11.1 Å². The third kappa shape index (κ3) is 2.31. The molecule has 0 aliphatic carbocycles. The zero-order valence-corrected chi connectivity index (χ0v) is 10.5. The molecule has 0 radical (unpaired) electrons. The Hall–Kier alpha value is -2.89. The summed E-state index contributed by atoms with van der Waals surface area (Å²) in [4.78, 5) is 12.0. The Morgan fingerprint density at radius 1 is 1.15 bits per heavy atom. The smallest absolute Gasteiger partial charge is 0.230 e. The lowest BCUT2D eigenvalue weighted by atomic mass is 10.1. The molecular formula is C14H12N4O2. The van der Waals surface area contributed by atoms with Gasteiger partial charge in [0, 0.05) is 11.1 Å². The molecule has 6 nitrogen and oxygen atoms in total. The highest BCUT2D eigenvalue weighted by molar-refractivity contribution is 6.02. The minimum atomic E-state index is -0.219. The summed E-state index contributed by atoms with van der Waals surface area (Å²) in [6, 6.07) is 13.6. The van der Waals surface area contributed by atoms with Crippen molar-refractivity contribution in [2.75, 3.05) is 11.1 Å². The highest BCUT2D eigenvalue weighted by Gasteiger charge is 2.12. The molecule has 0 fully saturated rings. The first-order valence-electron chi connectivity index (χ1n) is 6.08. The predicted octanol–water partition coefficient (Wildman–Crippen LogP) is 1.99. The van der Waals surface area contributed by atoms with E-state index in [-0.39, 0.29) is 18.1 Å². The summed E-state index contributed by atoms with van der Waals surface area (Å²) in [6.45, 7) is 0. The van der Waals surface area contributed by atoms with Gasteiger partial charge in [-0.2, -0.15) is 0 Å². The van der Waals surface area contributed by atoms with Crippen molar-refractivity contribution in [3.63, 3.8) is 0 Å². The van der Waals surface area contributed by atoms with Gasteiger partial charge in [-0.1, -0.05) is 41.6 Å². The Morgan fingerprint density at radius 3 is 2.75 bits per heavy atom. The van der Waals surface area contributed by atoms with Gasteiger partial charge in [0.15, 0.2) is 5.82 Å². The number of benzene rings is 2. The quantitative estimate of drug-likeness (QED) is 0.757. The van der Waals surface area contributed by atoms with Crippen LogP contribution in [0.2, 0.25) is 0 Å². The second-order valence-electron chi connectivity index (χ2n) is 4.35. The minimum absolute atomic E-state index is 0.0263. The van der Waals surface area contributed by atoms with Crippen LogP contribution in [0.5, 0.6) is 0 Å². The molecule has 0 atom stereocenters. The van der Waals surface area contributed by atoms with E-state index in [1.807, 2.05) is 42.5 Å². The van der Waals surface area contributed by atoms with E-state index in [9.17, 15) is 4.79 Å². The molecule has 3 aromatic rings. The third-order valence-corrected chi connectivity index (χ3v) is 2.98. The van der Waals surface area contributed by atoms with Gasteiger partial charge in [-0.05, 0) is 16.6 Å². The van der Waals surface area contributed by atoms with Crippen molar-refractivity contribution in [2.24, 2.45) is 0 Å². The topological polar surface area (TPSA) is 94.0 Å². The molecule has 20 heavy (non-hydrogen) atoms. The molecule has 100 valence electrons. The predicted molar refractivity (Wildman–Crippen MR) is 75.0 cm³/mol. The highest BCUT2D eigenvalue weighted by Crippen LogP contribution is 2.23. The van der Waals surface area contributed by atoms with E-state index in [2.05, 4.69) is 20.3 Å². The van der Waals surface area contributed by atoms with Crippen LogP contribution in [0.3, 0.4) is 0 Å². The van der Waals surface area contributed by atoms with Crippen LogP contribution in [0.15, 0.2) is 47.1 Å². The maximum atomic E-state index is 12.0. The molecular weight excluding hydrogens is 256 g/mol. The molecule has 0 aliphatic rings. The average Bonchev–Trinajstić information content (AvgIpc) is 2.85. The molecule has 6 heteroatoms. The van der Waals surface area contributed by atoms with Crippen molar-refractivity contribution in [3.8, 4) is 0 Å². The largest absolute Gasteiger partial charge is 0.379 e. The van der Waals surface area contributed by atoms with Crippen LogP contribution >= 0.6 is 0 Å². The number of nitrogens with one attached hydrogen (secondary N) is 1. The van der Waals surface area contributed by atoms with Crippen LogP contribution in [0, 0.1) is 0 Å². The summed E-state index contributed by atoms with van der Waals surface area (Å²) >= 11 is 0. The molecule has 2 aromatic carbocycles. The number of aromatic nitrogens is 2. The fourth-order valence-electron chi connectivity index (χ4n) is 2.02. The van der Waals surface area contributed by atoms with Crippen molar-refractivity contribution in [1.29, 1.82) is 0 Å². The lowest BCUT2D eigenvalue weighted by Crippen LogP contribution is -2.15. The Kier molecular flexibility index (Phi) is 3.04. The minimum Gasteiger partial charge on any atom is -0.379 e. The second-order valence-corrected chi connectivity index (χ2v) is 4.35. The van der Waals surface area contributed by atoms with Gasteiger partial charge in [0.25, 0.3) is 0 Å². The molecule has 0 unspecified atom stereocenters. The van der Waals surface area contributed by atoms with Crippen LogP contribution in [0.4, 0.5) is 11.5 Å². The highest BCUT2D eigenvalue weighted by atomic mass is 16.6. The van der Waals surface area contributed by atoms with E-state index in [1.54, 1.807) is 0 Å². The monoisotopic (exact) mass is 268 g/mol. The normalized spacial score (nSPS) is 10.6. The maximum Gasteiger partial charge on any atom is 0.230 e. The van der Waals surface area contributed by atoms with Crippen LogP contribution in [-0.2, 0) is 11.2 Å². The fourth-order valence-corrected chi connectivity index (χ4v) is 2.02. The number of amides is 1. The second kappa shape index (κ2) is 5.00. The summed E-state index contributed by atoms with van der Waals surface area (Å²) in [5.74, 6) is -0.0816. The van der Waals surface area contributed by atoms with Gasteiger partial charge in [0.2, 0.25) is 5.91 Å². The average molecular weight is 268 g/mol. The molecule has 0 saturated heterocycles. The first-order valence-corrected chi connectivity index (χ1v) is 6.08. The van der Waals surface area contributed by atoms with Crippen LogP contribution in [-0.4, -0.2) is 16.2 Å². The van der Waals surface area contributed by atoms with E-state index < -0.39 is 0 Å². The van der Waals surface area contributed by atoms with Crippen molar-refractivity contribution < 1.29 is 9.42 Å². The van der Waals surface area contributed by atoms with Gasteiger partial charge in [0.05, 0.1) is 6.42 Å². The fraction of sp³-hybridized carbons (Fsp3) is 0.0714. The van der Waals surface area contributed by atoms with E-state index in [0.29, 0.717) is 5.69 Å². The number of nitrogen functional groups attached to an aromatic ring is 1. The number of carbonyl (C=O) groups is 1. The molecule has 1 amide bonds. The van der Waals surface area contributed by atoms with E-state index in [0.717, 1.165) is 16.5 Å². The zero-order valence-electron chi connectivity index (χ0n) is 10.5. The summed E-state index contributed by atoms with van der Waals surface area (Å²) < 4.78 is 4.46. The molecule has 0 bridgehead atoms. The lowest BCUT2D eigenvalue weighted by molar-refractivity contribution is -0.115. The summed E-state index contributed by atoms with van der Waals surface area (Å²) in [5, 5.41) is 11.9. The van der Waals surface area contributed by atoms with E-state index in [4.69, 9.17) is 5.73 Å². The van der Waals surface area contributed by atoms with Crippen molar-refractivity contribution in [3.05, 3.63) is 48.2 Å². The van der Waals surface area contributed by atoms with Gasteiger partial charge >= 0.3 is 0 Å². The number of rotatable bonds is 3. The molecule has 3 N–H and O–H groups in total. The lowest BCUT2D eigenvalue weighted by Gasteiger charge is -2.07. The molecule has 1 aromatic heterocycles. The number of fused-ring (bicyclic) bond motifs is 1. The zero-order chi connectivity index (χ0) is 13.9. The molecule has 1 heterocycles. The Labute approximate surface area is 114 Å². The molecule has 3 rings (SSSR count). The Morgan fingerprint density at radius 2 is 1.95 bits per heavy atom. The number of carbonyl (C=O) groups excluding carboxylic acids is 1. The van der Waals surface area contributed by atoms with Crippen LogP contribution in [0.25, 0.3) is 10.8 Å². The summed E-state index contributed by atoms with van der Waals surface area (Å²) in [7, 11) is 0. The first-order chi connectivity index (χ1) is 9.74. The van der Waals surface area contributed by atoms with Gasteiger partial charge in [-0.25, -0.2) is 4.63 Å². The molecule has 0 saturated carbocycles. The number of anilines is 2. The number of hydrogen-bond donors (Lipinski definition) is 2. The SMILES string of the molecule is Nc1nonc1CC(=O)Nc1cccc2ccccc12. The molecule has 0 spiro atoms. The first kappa shape index (κ1) is 12.2. The maximum absolute atomic E-state index is 12.0. The van der Waals surface area contributed by atoms with Gasteiger partial charge in [-0.15, -0.1) is 0 Å².